The smallest absolute Gasteiger partial charge is 0.253 e. The van der Waals surface area contributed by atoms with Gasteiger partial charge in [-0.15, -0.1) is 5.10 Å². The first-order valence-corrected chi connectivity index (χ1v) is 10.9. The van der Waals surface area contributed by atoms with Gasteiger partial charge in [-0.3, -0.25) is 14.7 Å². The maximum absolute atomic E-state index is 12.4. The molecule has 31 heavy (non-hydrogen) atoms. The van der Waals surface area contributed by atoms with E-state index in [2.05, 4.69) is 25.8 Å². The van der Waals surface area contributed by atoms with Crippen LogP contribution in [0.1, 0.15) is 30.0 Å². The van der Waals surface area contributed by atoms with E-state index in [1.54, 1.807) is 48.5 Å². The second-order valence-electron chi connectivity index (χ2n) is 6.82. The third kappa shape index (κ3) is 7.01. The van der Waals surface area contributed by atoms with Gasteiger partial charge in [0.1, 0.15) is 12.4 Å². The number of benzene rings is 2. The van der Waals surface area contributed by atoms with E-state index in [0.29, 0.717) is 33.0 Å². The number of nitrogens with zero attached hydrogens (tertiary/aromatic N) is 2. The second-order valence-corrected chi connectivity index (χ2v) is 8.20. The zero-order chi connectivity index (χ0) is 22.2. The minimum atomic E-state index is -0.265. The molecule has 2 aromatic carbocycles. The molecular weight excluding hydrogens is 438 g/mol. The molecule has 0 aliphatic heterocycles. The zero-order valence-electron chi connectivity index (χ0n) is 17.0. The van der Waals surface area contributed by atoms with E-state index in [1.807, 2.05) is 13.8 Å². The van der Waals surface area contributed by atoms with E-state index in [9.17, 15) is 9.59 Å². The first kappa shape index (κ1) is 22.6. The molecule has 1 aromatic heterocycles. The van der Waals surface area contributed by atoms with Gasteiger partial charge in [-0.25, -0.2) is 4.98 Å². The summed E-state index contributed by atoms with van der Waals surface area (Å²) in [4.78, 5) is 29.0. The predicted molar refractivity (Wildman–Crippen MR) is 121 cm³/mol. The molecule has 0 aliphatic rings. The van der Waals surface area contributed by atoms with Crippen molar-refractivity contribution in [2.75, 3.05) is 11.1 Å². The van der Waals surface area contributed by atoms with Crippen LogP contribution in [0, 0.1) is 0 Å². The van der Waals surface area contributed by atoms with E-state index in [4.69, 9.17) is 16.3 Å². The van der Waals surface area contributed by atoms with Gasteiger partial charge < -0.3 is 15.4 Å². The largest absolute Gasteiger partial charge is 0.486 e. The van der Waals surface area contributed by atoms with E-state index in [0.717, 1.165) is 0 Å². The Morgan fingerprint density at radius 3 is 2.65 bits per heavy atom. The number of aromatic nitrogens is 3. The summed E-state index contributed by atoms with van der Waals surface area (Å²) in [6.07, 6.45) is 0. The van der Waals surface area contributed by atoms with Crippen LogP contribution < -0.4 is 15.4 Å². The number of amides is 2. The molecule has 0 fully saturated rings. The quantitative estimate of drug-likeness (QED) is 0.418. The number of ether oxygens (including phenoxy) is 1. The van der Waals surface area contributed by atoms with Crippen LogP contribution >= 0.6 is 23.4 Å². The van der Waals surface area contributed by atoms with Crippen LogP contribution in [-0.2, 0) is 11.4 Å². The summed E-state index contributed by atoms with van der Waals surface area (Å²) in [6.45, 7) is 3.96. The lowest BCUT2D eigenvalue weighted by molar-refractivity contribution is -0.113. The number of anilines is 1. The molecule has 3 N–H and O–H groups in total. The van der Waals surface area contributed by atoms with Crippen LogP contribution in [0.15, 0.2) is 53.7 Å². The number of halogens is 1. The summed E-state index contributed by atoms with van der Waals surface area (Å²) in [6, 6.07) is 13.9. The minimum absolute atomic E-state index is 0.00424. The Labute approximate surface area is 189 Å². The molecule has 2 amide bonds. The van der Waals surface area contributed by atoms with E-state index in [1.165, 1.54) is 11.8 Å². The summed E-state index contributed by atoms with van der Waals surface area (Å²) in [5.41, 5.74) is 0.868. The summed E-state index contributed by atoms with van der Waals surface area (Å²) < 4.78 is 5.61. The Balaban J connectivity index is 1.50. The average molecular weight is 460 g/mol. The maximum atomic E-state index is 12.4. The summed E-state index contributed by atoms with van der Waals surface area (Å²) in [7, 11) is 0. The molecule has 0 bridgehead atoms. The molecule has 0 atom stereocenters. The zero-order valence-corrected chi connectivity index (χ0v) is 18.6. The number of para-hydroxylation sites is 1. The van der Waals surface area contributed by atoms with Crippen molar-refractivity contribution in [2.45, 2.75) is 31.7 Å². The van der Waals surface area contributed by atoms with Gasteiger partial charge in [-0.05, 0) is 50.2 Å². The second kappa shape index (κ2) is 10.8. The highest BCUT2D eigenvalue weighted by Crippen LogP contribution is 2.19. The van der Waals surface area contributed by atoms with Crippen molar-refractivity contribution in [3.8, 4) is 5.75 Å². The number of rotatable bonds is 9. The number of carbonyl (C=O) groups excluding carboxylic acids is 2. The fourth-order valence-electron chi connectivity index (χ4n) is 2.54. The van der Waals surface area contributed by atoms with E-state index in [-0.39, 0.29) is 30.2 Å². The van der Waals surface area contributed by atoms with Gasteiger partial charge in [0.05, 0.1) is 17.0 Å². The summed E-state index contributed by atoms with van der Waals surface area (Å²) in [5.74, 6) is 0.787. The molecule has 0 saturated carbocycles. The number of nitrogens with one attached hydrogen (secondary N) is 3. The normalized spacial score (nSPS) is 10.7. The lowest BCUT2D eigenvalue weighted by Crippen LogP contribution is -2.31. The van der Waals surface area contributed by atoms with Crippen molar-refractivity contribution in [1.82, 2.24) is 20.5 Å². The fourth-order valence-corrected chi connectivity index (χ4v) is 3.28. The summed E-state index contributed by atoms with van der Waals surface area (Å²) >= 11 is 7.03. The molecule has 0 saturated heterocycles. The van der Waals surface area contributed by atoms with Gasteiger partial charge in [0.15, 0.2) is 5.82 Å². The van der Waals surface area contributed by atoms with Crippen molar-refractivity contribution in [3.63, 3.8) is 0 Å². The van der Waals surface area contributed by atoms with Crippen molar-refractivity contribution in [1.29, 1.82) is 0 Å². The topological polar surface area (TPSA) is 109 Å². The standard InChI is InChI=1S/C21H22ClN5O3S/c1-13(2)23-20(29)16-5-3-4-6-17(16)24-19(28)12-31-21-25-18(26-27-21)11-30-15-9-7-14(22)8-10-15/h3-10,13H,11-12H2,1-2H3,(H,23,29)(H,24,28)(H,25,26,27). The molecule has 0 aliphatic carbocycles. The number of thioether (sulfide) groups is 1. The number of aromatic amines is 1. The Kier molecular flexibility index (Phi) is 7.91. The lowest BCUT2D eigenvalue weighted by Gasteiger charge is -2.12. The Bertz CT molecular complexity index is 1040. The third-order valence-electron chi connectivity index (χ3n) is 3.90. The molecule has 0 spiro atoms. The average Bonchev–Trinajstić information content (AvgIpc) is 3.20. The minimum Gasteiger partial charge on any atom is -0.486 e. The molecule has 0 unspecified atom stereocenters. The van der Waals surface area contributed by atoms with E-state index >= 15 is 0 Å². The molecule has 10 heteroatoms. The number of H-pyrrole nitrogens is 1. The Hall–Kier alpha value is -3.04. The van der Waals surface area contributed by atoms with Crippen LogP contribution in [0.3, 0.4) is 0 Å². The highest BCUT2D eigenvalue weighted by atomic mass is 35.5. The Morgan fingerprint density at radius 1 is 1.16 bits per heavy atom. The third-order valence-corrected chi connectivity index (χ3v) is 5.00. The first-order valence-electron chi connectivity index (χ1n) is 9.53. The van der Waals surface area contributed by atoms with Crippen molar-refractivity contribution >= 4 is 40.9 Å². The number of carbonyl (C=O) groups is 2. The van der Waals surface area contributed by atoms with Gasteiger partial charge in [0, 0.05) is 11.1 Å². The SMILES string of the molecule is CC(C)NC(=O)c1ccccc1NC(=O)CSc1n[nH]c(COc2ccc(Cl)cc2)n1. The predicted octanol–water partition coefficient (Wildman–Crippen LogP) is 3.91. The number of hydrogen-bond acceptors (Lipinski definition) is 6. The van der Waals surface area contributed by atoms with Gasteiger partial charge >= 0.3 is 0 Å². The van der Waals surface area contributed by atoms with Crippen LogP contribution in [0.2, 0.25) is 5.02 Å². The van der Waals surface area contributed by atoms with Crippen LogP contribution in [0.5, 0.6) is 5.75 Å². The molecular formula is C21H22ClN5O3S. The van der Waals surface area contributed by atoms with Crippen molar-refractivity contribution < 1.29 is 14.3 Å². The van der Waals surface area contributed by atoms with Gasteiger partial charge in [-0.2, -0.15) is 0 Å². The molecule has 8 nitrogen and oxygen atoms in total. The van der Waals surface area contributed by atoms with E-state index < -0.39 is 0 Å². The molecule has 0 radical (unpaired) electrons. The Morgan fingerprint density at radius 2 is 1.90 bits per heavy atom. The van der Waals surface area contributed by atoms with Crippen molar-refractivity contribution in [2.24, 2.45) is 0 Å². The molecule has 1 heterocycles. The van der Waals surface area contributed by atoms with Gasteiger partial charge in [0.2, 0.25) is 11.1 Å². The fraction of sp³-hybridized carbons (Fsp3) is 0.238. The van der Waals surface area contributed by atoms with Gasteiger partial charge in [-0.1, -0.05) is 35.5 Å². The van der Waals surface area contributed by atoms with Crippen LogP contribution in [0.4, 0.5) is 5.69 Å². The maximum Gasteiger partial charge on any atom is 0.253 e. The molecule has 3 aromatic rings. The first-order chi connectivity index (χ1) is 14.9. The molecule has 162 valence electrons. The molecule has 3 rings (SSSR count). The highest BCUT2D eigenvalue weighted by Gasteiger charge is 2.14. The number of hydrogen-bond donors (Lipinski definition) is 3. The lowest BCUT2D eigenvalue weighted by atomic mass is 10.1. The summed E-state index contributed by atoms with van der Waals surface area (Å²) in [5, 5.41) is 13.5. The van der Waals surface area contributed by atoms with Crippen LogP contribution in [0.25, 0.3) is 0 Å². The van der Waals surface area contributed by atoms with Gasteiger partial charge in [0.25, 0.3) is 5.91 Å². The van der Waals surface area contributed by atoms with Crippen LogP contribution in [-0.4, -0.2) is 38.8 Å². The van der Waals surface area contributed by atoms with Crippen molar-refractivity contribution in [3.05, 3.63) is 64.9 Å². The monoisotopic (exact) mass is 459 g/mol. The highest BCUT2D eigenvalue weighted by molar-refractivity contribution is 7.99.